The molecule has 0 aliphatic carbocycles. The number of methoxy groups -OCH3 is 1. The zero-order chi connectivity index (χ0) is 30.4. The predicted molar refractivity (Wildman–Crippen MR) is 161 cm³/mol. The first-order valence-electron chi connectivity index (χ1n) is 14.5. The van der Waals surface area contributed by atoms with Gasteiger partial charge in [-0.1, -0.05) is 0 Å². The maximum absolute atomic E-state index is 13.7. The van der Waals surface area contributed by atoms with Crippen LogP contribution < -0.4 is 19.1 Å². The van der Waals surface area contributed by atoms with E-state index in [9.17, 15) is 18.0 Å². The Hall–Kier alpha value is -4.06. The molecular formula is C31H36N4O7S. The van der Waals surface area contributed by atoms with Gasteiger partial charge in [-0.2, -0.15) is 5.10 Å². The van der Waals surface area contributed by atoms with Crippen LogP contribution in [0.15, 0.2) is 42.7 Å². The molecule has 43 heavy (non-hydrogen) atoms. The van der Waals surface area contributed by atoms with E-state index >= 15 is 0 Å². The average Bonchev–Trinajstić information content (AvgIpc) is 3.42. The summed E-state index contributed by atoms with van der Waals surface area (Å²) < 4.78 is 43.5. The minimum atomic E-state index is -3.00. The Bertz CT molecular complexity index is 1660. The number of ether oxygens (including phenoxy) is 3. The predicted octanol–water partition coefficient (Wildman–Crippen LogP) is 3.37. The minimum Gasteiger partial charge on any atom is -0.496 e. The highest BCUT2D eigenvalue weighted by Gasteiger charge is 2.44. The number of Topliss-reactive ketones (excluding diaryl/α,β-unsaturated/α-hetero) is 1. The van der Waals surface area contributed by atoms with Gasteiger partial charge in [0.05, 0.1) is 49.0 Å². The number of anilines is 1. The summed E-state index contributed by atoms with van der Waals surface area (Å²) in [4.78, 5) is 30.8. The third-order valence-corrected chi connectivity index (χ3v) is 10.2. The zero-order valence-corrected chi connectivity index (χ0v) is 25.5. The number of ketones is 1. The van der Waals surface area contributed by atoms with Crippen LogP contribution in [0.5, 0.6) is 17.2 Å². The van der Waals surface area contributed by atoms with Gasteiger partial charge in [0.15, 0.2) is 15.6 Å². The van der Waals surface area contributed by atoms with Crippen LogP contribution in [0.4, 0.5) is 5.69 Å². The van der Waals surface area contributed by atoms with Crippen molar-refractivity contribution in [2.75, 3.05) is 56.3 Å². The van der Waals surface area contributed by atoms with E-state index in [0.717, 1.165) is 16.8 Å². The van der Waals surface area contributed by atoms with Gasteiger partial charge in [0.2, 0.25) is 0 Å². The largest absolute Gasteiger partial charge is 0.496 e. The van der Waals surface area contributed by atoms with E-state index in [1.54, 1.807) is 35.0 Å². The zero-order valence-electron chi connectivity index (χ0n) is 24.7. The average molecular weight is 609 g/mol. The molecule has 12 heteroatoms. The number of hydrogen-bond donors (Lipinski definition) is 0. The highest BCUT2D eigenvalue weighted by molar-refractivity contribution is 7.91. The molecule has 6 rings (SSSR count). The van der Waals surface area contributed by atoms with Crippen molar-refractivity contribution in [2.45, 2.75) is 31.8 Å². The van der Waals surface area contributed by atoms with Crippen molar-refractivity contribution < 1.29 is 32.2 Å². The van der Waals surface area contributed by atoms with Crippen molar-refractivity contribution in [3.05, 3.63) is 53.9 Å². The molecule has 11 nitrogen and oxygen atoms in total. The topological polar surface area (TPSA) is 120 Å². The molecule has 1 aromatic heterocycles. The molecule has 3 aromatic rings. The fraction of sp³-hybridized carbons (Fsp3) is 0.452. The van der Waals surface area contributed by atoms with Crippen molar-refractivity contribution in [2.24, 2.45) is 7.05 Å². The van der Waals surface area contributed by atoms with Gasteiger partial charge in [-0.25, -0.2) is 8.42 Å². The van der Waals surface area contributed by atoms with Crippen LogP contribution in [-0.2, 0) is 16.9 Å². The molecule has 228 valence electrons. The fourth-order valence-electron chi connectivity index (χ4n) is 6.21. The summed E-state index contributed by atoms with van der Waals surface area (Å²) in [6, 6.07) is 9.02. The van der Waals surface area contributed by atoms with E-state index in [1.165, 1.54) is 0 Å². The summed E-state index contributed by atoms with van der Waals surface area (Å²) in [6.07, 6.45) is 4.90. The third-order valence-electron chi connectivity index (χ3n) is 8.57. The quantitative estimate of drug-likeness (QED) is 0.415. The number of sulfone groups is 1. The Morgan fingerprint density at radius 2 is 1.79 bits per heavy atom. The normalized spacial score (nSPS) is 19.1. The van der Waals surface area contributed by atoms with Gasteiger partial charge < -0.3 is 24.0 Å². The first-order chi connectivity index (χ1) is 20.6. The Labute approximate surface area is 251 Å². The van der Waals surface area contributed by atoms with Gasteiger partial charge in [0.25, 0.3) is 5.91 Å². The van der Waals surface area contributed by atoms with Crippen LogP contribution in [0.25, 0.3) is 11.1 Å². The Kier molecular flexibility index (Phi) is 7.57. The molecule has 2 fully saturated rings. The molecule has 2 saturated heterocycles. The lowest BCUT2D eigenvalue weighted by atomic mass is 9.82. The summed E-state index contributed by atoms with van der Waals surface area (Å²) in [5, 5.41) is 4.26. The summed E-state index contributed by atoms with van der Waals surface area (Å²) in [5.41, 5.74) is 2.73. The lowest BCUT2D eigenvalue weighted by Gasteiger charge is -2.44. The number of aryl methyl sites for hydroxylation is 1. The van der Waals surface area contributed by atoms with Crippen molar-refractivity contribution in [3.63, 3.8) is 0 Å². The number of likely N-dealkylation sites (tertiary alicyclic amines) is 1. The fourth-order valence-corrected chi connectivity index (χ4v) is 7.41. The Morgan fingerprint density at radius 1 is 1.07 bits per heavy atom. The number of hydrogen-bond acceptors (Lipinski definition) is 9. The van der Waals surface area contributed by atoms with Gasteiger partial charge in [-0.05, 0) is 37.3 Å². The van der Waals surface area contributed by atoms with E-state index in [1.807, 2.05) is 43.3 Å². The van der Waals surface area contributed by atoms with E-state index in [0.29, 0.717) is 74.0 Å². The van der Waals surface area contributed by atoms with Crippen molar-refractivity contribution in [3.8, 4) is 28.4 Å². The molecule has 4 heterocycles. The molecule has 0 N–H and O–H groups in total. The summed E-state index contributed by atoms with van der Waals surface area (Å²) in [6.45, 7) is 4.02. The van der Waals surface area contributed by atoms with Gasteiger partial charge >= 0.3 is 0 Å². The number of piperidine rings is 1. The van der Waals surface area contributed by atoms with Crippen molar-refractivity contribution >= 4 is 27.2 Å². The first kappa shape index (κ1) is 29.0. The first-order valence-corrected chi connectivity index (χ1v) is 16.4. The molecule has 3 aliphatic heterocycles. The van der Waals surface area contributed by atoms with Crippen molar-refractivity contribution in [1.82, 2.24) is 14.7 Å². The number of aromatic nitrogens is 2. The van der Waals surface area contributed by atoms with Crippen LogP contribution in [0, 0.1) is 0 Å². The van der Waals surface area contributed by atoms with Crippen LogP contribution in [0.3, 0.4) is 0 Å². The standard InChI is InChI=1S/C31H36N4O7S/c1-4-41-28-16-21(15-27(40-3)29(28)22-19-32-33(2)20-22)30(37)35-9-7-31(8-10-35)18-25(36)24-17-23(5-6-26(24)42-31)34-11-13-43(38,39)14-12-34/h5-6,15-17,19-20H,4,7-14,18H2,1-3H3. The molecule has 1 spiro atoms. The number of carbonyl (C=O) groups excluding carboxylic acids is 2. The summed E-state index contributed by atoms with van der Waals surface area (Å²) in [7, 11) is 0.407. The van der Waals surface area contributed by atoms with Crippen molar-refractivity contribution in [1.29, 1.82) is 0 Å². The van der Waals surface area contributed by atoms with Crippen LogP contribution in [0.1, 0.15) is 46.9 Å². The number of amides is 1. The second-order valence-corrected chi connectivity index (χ2v) is 13.7. The molecule has 0 atom stereocenters. The number of benzene rings is 2. The molecule has 0 saturated carbocycles. The van der Waals surface area contributed by atoms with E-state index in [2.05, 4.69) is 5.10 Å². The van der Waals surface area contributed by atoms with Crippen LogP contribution in [-0.4, -0.2) is 91.8 Å². The molecule has 0 unspecified atom stereocenters. The third kappa shape index (κ3) is 5.67. The summed E-state index contributed by atoms with van der Waals surface area (Å²) >= 11 is 0. The maximum atomic E-state index is 13.7. The number of carbonyl (C=O) groups is 2. The van der Waals surface area contributed by atoms with Gasteiger partial charge in [0, 0.05) is 69.1 Å². The van der Waals surface area contributed by atoms with Crippen LogP contribution >= 0.6 is 0 Å². The highest BCUT2D eigenvalue weighted by Crippen LogP contribution is 2.42. The van der Waals surface area contributed by atoms with Gasteiger partial charge in [-0.3, -0.25) is 14.3 Å². The van der Waals surface area contributed by atoms with E-state index in [4.69, 9.17) is 14.2 Å². The van der Waals surface area contributed by atoms with Gasteiger partial charge in [0.1, 0.15) is 22.8 Å². The Balaban J connectivity index is 1.17. The minimum absolute atomic E-state index is 0.00425. The SMILES string of the molecule is CCOc1cc(C(=O)N2CCC3(CC2)CC(=O)c2cc(N4CCS(=O)(=O)CC4)ccc2O3)cc(OC)c1-c1cnn(C)c1. The second kappa shape index (κ2) is 11.2. The van der Waals surface area contributed by atoms with E-state index < -0.39 is 15.4 Å². The lowest BCUT2D eigenvalue weighted by molar-refractivity contribution is -0.00572. The van der Waals surface area contributed by atoms with Gasteiger partial charge in [-0.15, -0.1) is 0 Å². The monoisotopic (exact) mass is 608 g/mol. The molecule has 0 bridgehead atoms. The second-order valence-electron chi connectivity index (χ2n) is 11.4. The summed E-state index contributed by atoms with van der Waals surface area (Å²) in [5.74, 6) is 1.71. The number of fused-ring (bicyclic) bond motifs is 1. The maximum Gasteiger partial charge on any atom is 0.254 e. The molecular weight excluding hydrogens is 572 g/mol. The van der Waals surface area contributed by atoms with E-state index in [-0.39, 0.29) is 29.6 Å². The molecule has 2 aromatic carbocycles. The molecule has 1 amide bonds. The lowest BCUT2D eigenvalue weighted by Crippen LogP contribution is -2.52. The van der Waals surface area contributed by atoms with Crippen LogP contribution in [0.2, 0.25) is 0 Å². The number of nitrogens with zero attached hydrogens (tertiary/aromatic N) is 4. The smallest absolute Gasteiger partial charge is 0.254 e. The number of rotatable bonds is 6. The molecule has 3 aliphatic rings. The Morgan fingerprint density at radius 3 is 2.44 bits per heavy atom. The molecule has 0 radical (unpaired) electrons. The highest BCUT2D eigenvalue weighted by atomic mass is 32.2.